The van der Waals surface area contributed by atoms with Crippen LogP contribution in [0, 0.1) is 0 Å². The molecule has 0 bridgehead atoms. The van der Waals surface area contributed by atoms with E-state index < -0.39 is 0 Å². The number of benzene rings is 1. The Labute approximate surface area is 133 Å². The molecular weight excluding hydrogens is 334 g/mol. The zero-order valence-electron chi connectivity index (χ0n) is 12.1. The highest BCUT2D eigenvalue weighted by molar-refractivity contribution is 9.10. The molecule has 2 heterocycles. The van der Waals surface area contributed by atoms with Crippen LogP contribution in [0.2, 0.25) is 0 Å². The first-order valence-electron chi connectivity index (χ1n) is 7.26. The average Bonchev–Trinajstić information content (AvgIpc) is 2.46. The van der Waals surface area contributed by atoms with Gasteiger partial charge in [0, 0.05) is 49.8 Å². The second-order valence-corrected chi connectivity index (χ2v) is 6.41. The maximum Gasteiger partial charge on any atom is 0.257 e. The fraction of sp³-hybridized carbons (Fsp3) is 0.533. The fourth-order valence-electron chi connectivity index (χ4n) is 2.91. The summed E-state index contributed by atoms with van der Waals surface area (Å²) in [5.41, 5.74) is 0.638. The summed E-state index contributed by atoms with van der Waals surface area (Å²) in [6.07, 6.45) is 0. The fourth-order valence-corrected chi connectivity index (χ4v) is 3.25. The zero-order valence-corrected chi connectivity index (χ0v) is 13.7. The summed E-state index contributed by atoms with van der Waals surface area (Å²) in [7, 11) is 1.60. The highest BCUT2D eigenvalue weighted by Gasteiger charge is 2.36. The van der Waals surface area contributed by atoms with E-state index in [0.29, 0.717) is 17.4 Å². The van der Waals surface area contributed by atoms with Crippen LogP contribution in [-0.2, 0) is 0 Å². The normalized spacial score (nSPS) is 20.2. The summed E-state index contributed by atoms with van der Waals surface area (Å²) in [5.74, 6) is 0.686. The summed E-state index contributed by atoms with van der Waals surface area (Å²) in [4.78, 5) is 16.9. The van der Waals surface area contributed by atoms with Gasteiger partial charge in [0.25, 0.3) is 5.91 Å². The van der Waals surface area contributed by atoms with Gasteiger partial charge in [-0.25, -0.2) is 0 Å². The highest BCUT2D eigenvalue weighted by Crippen LogP contribution is 2.27. The maximum atomic E-state index is 12.5. The molecule has 2 aliphatic rings. The number of methoxy groups -OCH3 is 1. The van der Waals surface area contributed by atoms with Gasteiger partial charge in [0.15, 0.2) is 0 Å². The van der Waals surface area contributed by atoms with Crippen molar-refractivity contribution in [2.24, 2.45) is 0 Å². The predicted octanol–water partition coefficient (Wildman–Crippen LogP) is 1.19. The number of halogens is 1. The van der Waals surface area contributed by atoms with Crippen molar-refractivity contribution in [1.29, 1.82) is 0 Å². The van der Waals surface area contributed by atoms with Crippen LogP contribution >= 0.6 is 15.9 Å². The maximum absolute atomic E-state index is 12.5. The van der Waals surface area contributed by atoms with E-state index in [0.717, 1.165) is 43.7 Å². The van der Waals surface area contributed by atoms with E-state index in [1.54, 1.807) is 7.11 Å². The lowest BCUT2D eigenvalue weighted by Gasteiger charge is -2.46. The SMILES string of the molecule is COc1cc(Br)ccc1C(=O)N1CC(N2CCNCC2)C1. The van der Waals surface area contributed by atoms with E-state index >= 15 is 0 Å². The molecule has 3 rings (SSSR count). The number of nitrogens with one attached hydrogen (secondary N) is 1. The molecule has 1 aromatic rings. The lowest BCUT2D eigenvalue weighted by molar-refractivity contribution is 0.0225. The molecule has 2 fully saturated rings. The third-order valence-corrected chi connectivity index (χ3v) is 4.70. The quantitative estimate of drug-likeness (QED) is 0.886. The van der Waals surface area contributed by atoms with Gasteiger partial charge in [-0.15, -0.1) is 0 Å². The van der Waals surface area contributed by atoms with Crippen molar-refractivity contribution in [3.05, 3.63) is 28.2 Å². The third-order valence-electron chi connectivity index (χ3n) is 4.21. The number of rotatable bonds is 3. The summed E-state index contributed by atoms with van der Waals surface area (Å²) < 4.78 is 6.23. The number of carbonyl (C=O) groups is 1. The number of nitrogens with zero attached hydrogens (tertiary/aromatic N) is 2. The van der Waals surface area contributed by atoms with Gasteiger partial charge in [0.1, 0.15) is 5.75 Å². The lowest BCUT2D eigenvalue weighted by Crippen LogP contribution is -2.63. The minimum atomic E-state index is 0.0609. The molecular formula is C15H20BrN3O2. The molecule has 21 heavy (non-hydrogen) atoms. The summed E-state index contributed by atoms with van der Waals surface area (Å²) in [5, 5.41) is 3.35. The Morgan fingerprint density at radius 2 is 2.05 bits per heavy atom. The number of ether oxygens (including phenoxy) is 1. The van der Waals surface area contributed by atoms with Gasteiger partial charge in [-0.05, 0) is 18.2 Å². The summed E-state index contributed by atoms with van der Waals surface area (Å²) in [6, 6.07) is 6.05. The topological polar surface area (TPSA) is 44.8 Å². The molecule has 0 saturated carbocycles. The van der Waals surface area contributed by atoms with Crippen molar-refractivity contribution in [1.82, 2.24) is 15.1 Å². The van der Waals surface area contributed by atoms with Crippen molar-refractivity contribution < 1.29 is 9.53 Å². The highest BCUT2D eigenvalue weighted by atomic mass is 79.9. The third kappa shape index (κ3) is 3.07. The van der Waals surface area contributed by atoms with Gasteiger partial charge >= 0.3 is 0 Å². The van der Waals surface area contributed by atoms with Gasteiger partial charge in [-0.3, -0.25) is 9.69 Å². The van der Waals surface area contributed by atoms with Crippen LogP contribution in [0.25, 0.3) is 0 Å². The Morgan fingerprint density at radius 1 is 1.33 bits per heavy atom. The average molecular weight is 354 g/mol. The number of carbonyl (C=O) groups excluding carboxylic acids is 1. The number of amides is 1. The zero-order chi connectivity index (χ0) is 14.8. The van der Waals surface area contributed by atoms with E-state index in [2.05, 4.69) is 26.1 Å². The first kappa shape index (κ1) is 14.8. The molecule has 0 atom stereocenters. The van der Waals surface area contributed by atoms with Gasteiger partial charge < -0.3 is 15.0 Å². The Bertz CT molecular complexity index is 526. The molecule has 1 amide bonds. The molecule has 0 aliphatic carbocycles. The number of piperazine rings is 1. The van der Waals surface area contributed by atoms with E-state index in [9.17, 15) is 4.79 Å². The Kier molecular flexibility index (Phi) is 4.47. The van der Waals surface area contributed by atoms with Crippen LogP contribution in [0.5, 0.6) is 5.75 Å². The van der Waals surface area contributed by atoms with Crippen LogP contribution in [0.3, 0.4) is 0 Å². The van der Waals surface area contributed by atoms with Crippen LogP contribution < -0.4 is 10.1 Å². The number of hydrogen-bond acceptors (Lipinski definition) is 4. The molecule has 114 valence electrons. The monoisotopic (exact) mass is 353 g/mol. The molecule has 5 nitrogen and oxygen atoms in total. The Morgan fingerprint density at radius 3 is 2.71 bits per heavy atom. The molecule has 0 spiro atoms. The standard InChI is InChI=1S/C15H20BrN3O2/c1-21-14-8-11(16)2-3-13(14)15(20)19-9-12(10-19)18-6-4-17-5-7-18/h2-3,8,12,17H,4-7,9-10H2,1H3. The molecule has 0 aromatic heterocycles. The van der Waals surface area contributed by atoms with Crippen LogP contribution in [0.15, 0.2) is 22.7 Å². The van der Waals surface area contributed by atoms with E-state index in [-0.39, 0.29) is 5.91 Å². The Hall–Kier alpha value is -1.11. The molecule has 1 aromatic carbocycles. The molecule has 0 radical (unpaired) electrons. The Balaban J connectivity index is 1.62. The van der Waals surface area contributed by atoms with Crippen molar-refractivity contribution in [2.45, 2.75) is 6.04 Å². The van der Waals surface area contributed by atoms with E-state index in [4.69, 9.17) is 4.74 Å². The van der Waals surface area contributed by atoms with Gasteiger partial charge in [0.2, 0.25) is 0 Å². The first-order chi connectivity index (χ1) is 10.2. The second-order valence-electron chi connectivity index (χ2n) is 5.49. The molecule has 2 saturated heterocycles. The molecule has 1 N–H and O–H groups in total. The molecule has 6 heteroatoms. The smallest absolute Gasteiger partial charge is 0.257 e. The molecule has 0 unspecified atom stereocenters. The summed E-state index contributed by atoms with van der Waals surface area (Å²) >= 11 is 3.40. The van der Waals surface area contributed by atoms with Crippen molar-refractivity contribution in [2.75, 3.05) is 46.4 Å². The van der Waals surface area contributed by atoms with Crippen LogP contribution in [0.1, 0.15) is 10.4 Å². The van der Waals surface area contributed by atoms with Gasteiger partial charge in [0.05, 0.1) is 12.7 Å². The minimum Gasteiger partial charge on any atom is -0.496 e. The van der Waals surface area contributed by atoms with Gasteiger partial charge in [-0.1, -0.05) is 15.9 Å². The van der Waals surface area contributed by atoms with E-state index in [1.807, 2.05) is 23.1 Å². The van der Waals surface area contributed by atoms with Crippen LogP contribution in [-0.4, -0.2) is 68.1 Å². The van der Waals surface area contributed by atoms with Gasteiger partial charge in [-0.2, -0.15) is 0 Å². The first-order valence-corrected chi connectivity index (χ1v) is 8.06. The van der Waals surface area contributed by atoms with Crippen molar-refractivity contribution in [3.63, 3.8) is 0 Å². The predicted molar refractivity (Wildman–Crippen MR) is 84.8 cm³/mol. The van der Waals surface area contributed by atoms with Crippen molar-refractivity contribution in [3.8, 4) is 5.75 Å². The largest absolute Gasteiger partial charge is 0.496 e. The van der Waals surface area contributed by atoms with Crippen molar-refractivity contribution >= 4 is 21.8 Å². The summed E-state index contributed by atoms with van der Waals surface area (Å²) in [6.45, 7) is 5.88. The number of hydrogen-bond donors (Lipinski definition) is 1. The van der Waals surface area contributed by atoms with E-state index in [1.165, 1.54) is 0 Å². The lowest BCUT2D eigenvalue weighted by atomic mass is 10.0. The second kappa shape index (κ2) is 6.34. The minimum absolute atomic E-state index is 0.0609. The molecule has 2 aliphatic heterocycles. The van der Waals surface area contributed by atoms with Crippen LogP contribution in [0.4, 0.5) is 0 Å². The number of likely N-dealkylation sites (tertiary alicyclic amines) is 1.